The minimum atomic E-state index is -0.594. The maximum absolute atomic E-state index is 12.9. The number of hydrogen-bond donors (Lipinski definition) is 0. The second kappa shape index (κ2) is 9.20. The summed E-state index contributed by atoms with van der Waals surface area (Å²) in [5.41, 5.74) is 3.64. The van der Waals surface area contributed by atoms with Gasteiger partial charge in [-0.25, -0.2) is 4.68 Å². The van der Waals surface area contributed by atoms with Crippen molar-refractivity contribution < 1.29 is 14.3 Å². The predicted molar refractivity (Wildman–Crippen MR) is 129 cm³/mol. The zero-order valence-corrected chi connectivity index (χ0v) is 19.4. The van der Waals surface area contributed by atoms with Gasteiger partial charge in [-0.05, 0) is 68.8 Å². The van der Waals surface area contributed by atoms with Gasteiger partial charge < -0.3 is 4.74 Å². The van der Waals surface area contributed by atoms with Gasteiger partial charge in [0.1, 0.15) is 17.4 Å². The molecule has 2 heterocycles. The number of imide groups is 1. The standard InChI is InChI=1S/C27H24N4O3/c1-17(2)34-22-12-10-19(11-13-22)25-20(16-31(29-25)21-8-6-5-7-9-21)14-23-18(3)24(15-28)27(33)30(4)26(23)32/h5-14,16-17H,1-4H3/b23-14+. The van der Waals surface area contributed by atoms with Crippen LogP contribution in [0.2, 0.25) is 0 Å². The maximum Gasteiger partial charge on any atom is 0.271 e. The van der Waals surface area contributed by atoms with Crippen LogP contribution in [-0.2, 0) is 9.59 Å². The first kappa shape index (κ1) is 22.7. The number of aromatic nitrogens is 2. The van der Waals surface area contributed by atoms with Crippen molar-refractivity contribution in [2.75, 3.05) is 7.05 Å². The fraction of sp³-hybridized carbons (Fsp3) is 0.185. The van der Waals surface area contributed by atoms with Gasteiger partial charge in [0.15, 0.2) is 0 Å². The van der Waals surface area contributed by atoms with Crippen LogP contribution in [0.15, 0.2) is 77.5 Å². The molecule has 2 aromatic carbocycles. The van der Waals surface area contributed by atoms with Crippen LogP contribution < -0.4 is 4.74 Å². The van der Waals surface area contributed by atoms with Crippen molar-refractivity contribution in [1.82, 2.24) is 14.7 Å². The van der Waals surface area contributed by atoms with E-state index in [1.54, 1.807) is 17.7 Å². The monoisotopic (exact) mass is 452 g/mol. The summed E-state index contributed by atoms with van der Waals surface area (Å²) in [6.07, 6.45) is 3.59. The number of likely N-dealkylation sites (N-methyl/N-ethyl adjacent to an activating group) is 1. The minimum Gasteiger partial charge on any atom is -0.491 e. The lowest BCUT2D eigenvalue weighted by molar-refractivity contribution is -0.138. The molecule has 0 bridgehead atoms. The predicted octanol–water partition coefficient (Wildman–Crippen LogP) is 4.55. The summed E-state index contributed by atoms with van der Waals surface area (Å²) < 4.78 is 7.49. The lowest BCUT2D eigenvalue weighted by Crippen LogP contribution is -2.39. The smallest absolute Gasteiger partial charge is 0.271 e. The summed E-state index contributed by atoms with van der Waals surface area (Å²) in [5.74, 6) is -0.301. The first-order chi connectivity index (χ1) is 16.3. The molecule has 34 heavy (non-hydrogen) atoms. The molecule has 3 aromatic rings. The largest absolute Gasteiger partial charge is 0.491 e. The SMILES string of the molecule is CC1=C(C#N)C(=O)N(C)C(=O)/C1=C/c1cn(-c2ccccc2)nc1-c1ccc(OC(C)C)cc1. The molecule has 1 aliphatic rings. The molecule has 0 spiro atoms. The number of nitrogens with zero attached hydrogens (tertiary/aromatic N) is 4. The van der Waals surface area contributed by atoms with E-state index in [-0.39, 0.29) is 17.3 Å². The summed E-state index contributed by atoms with van der Waals surface area (Å²) in [7, 11) is 1.38. The zero-order valence-electron chi connectivity index (χ0n) is 19.4. The lowest BCUT2D eigenvalue weighted by atomic mass is 9.93. The Morgan fingerprint density at radius 3 is 2.32 bits per heavy atom. The molecule has 0 unspecified atom stereocenters. The van der Waals surface area contributed by atoms with E-state index in [0.717, 1.165) is 21.9 Å². The van der Waals surface area contributed by atoms with Crippen molar-refractivity contribution in [2.24, 2.45) is 0 Å². The lowest BCUT2D eigenvalue weighted by Gasteiger charge is -2.23. The van der Waals surface area contributed by atoms with E-state index in [4.69, 9.17) is 9.84 Å². The number of amides is 2. The second-order valence-corrected chi connectivity index (χ2v) is 8.24. The third-order valence-corrected chi connectivity index (χ3v) is 5.51. The Morgan fingerprint density at radius 2 is 1.71 bits per heavy atom. The topological polar surface area (TPSA) is 88.2 Å². The van der Waals surface area contributed by atoms with Gasteiger partial charge in [-0.3, -0.25) is 14.5 Å². The number of rotatable bonds is 5. The summed E-state index contributed by atoms with van der Waals surface area (Å²) in [4.78, 5) is 26.2. The van der Waals surface area contributed by atoms with Gasteiger partial charge in [0.2, 0.25) is 0 Å². The highest BCUT2D eigenvalue weighted by Crippen LogP contribution is 2.31. The van der Waals surface area contributed by atoms with Gasteiger partial charge in [-0.1, -0.05) is 18.2 Å². The minimum absolute atomic E-state index is 0.0412. The van der Waals surface area contributed by atoms with Crippen LogP contribution in [0.4, 0.5) is 0 Å². The molecule has 0 atom stereocenters. The van der Waals surface area contributed by atoms with Crippen LogP contribution in [0.5, 0.6) is 5.75 Å². The van der Waals surface area contributed by atoms with Crippen molar-refractivity contribution in [3.63, 3.8) is 0 Å². The Kier molecular flexibility index (Phi) is 6.15. The average Bonchev–Trinajstić information content (AvgIpc) is 3.25. The molecule has 170 valence electrons. The Labute approximate surface area is 198 Å². The number of hydrogen-bond acceptors (Lipinski definition) is 5. The van der Waals surface area contributed by atoms with Gasteiger partial charge in [0.25, 0.3) is 11.8 Å². The number of para-hydroxylation sites is 1. The molecular formula is C27H24N4O3. The molecule has 0 radical (unpaired) electrons. The van der Waals surface area contributed by atoms with Gasteiger partial charge in [-0.15, -0.1) is 0 Å². The molecule has 0 fully saturated rings. The number of carbonyl (C=O) groups is 2. The highest BCUT2D eigenvalue weighted by atomic mass is 16.5. The maximum atomic E-state index is 12.9. The third-order valence-electron chi connectivity index (χ3n) is 5.51. The van der Waals surface area contributed by atoms with Crippen LogP contribution in [0.1, 0.15) is 26.3 Å². The summed E-state index contributed by atoms with van der Waals surface area (Å²) >= 11 is 0. The highest BCUT2D eigenvalue weighted by Gasteiger charge is 2.33. The van der Waals surface area contributed by atoms with Crippen molar-refractivity contribution >= 4 is 17.9 Å². The van der Waals surface area contributed by atoms with Crippen LogP contribution in [-0.4, -0.2) is 39.6 Å². The van der Waals surface area contributed by atoms with E-state index in [2.05, 4.69) is 0 Å². The molecule has 7 nitrogen and oxygen atoms in total. The molecule has 2 amide bonds. The summed E-state index contributed by atoms with van der Waals surface area (Å²) in [6.45, 7) is 5.55. The van der Waals surface area contributed by atoms with Crippen LogP contribution >= 0.6 is 0 Å². The molecular weight excluding hydrogens is 428 g/mol. The van der Waals surface area contributed by atoms with Crippen LogP contribution in [0, 0.1) is 11.3 Å². The van der Waals surface area contributed by atoms with E-state index >= 15 is 0 Å². The van der Waals surface area contributed by atoms with Gasteiger partial charge in [0, 0.05) is 29.9 Å². The average molecular weight is 453 g/mol. The van der Waals surface area contributed by atoms with Crippen molar-refractivity contribution in [1.29, 1.82) is 5.26 Å². The normalized spacial score (nSPS) is 15.3. The molecule has 4 rings (SSSR count). The molecule has 0 saturated carbocycles. The van der Waals surface area contributed by atoms with Crippen LogP contribution in [0.3, 0.4) is 0 Å². The Hall–Kier alpha value is -4.44. The first-order valence-electron chi connectivity index (χ1n) is 10.9. The van der Waals surface area contributed by atoms with E-state index in [1.807, 2.05) is 80.7 Å². The summed E-state index contributed by atoms with van der Waals surface area (Å²) in [5, 5.41) is 14.3. The van der Waals surface area contributed by atoms with Crippen LogP contribution in [0.25, 0.3) is 23.0 Å². The second-order valence-electron chi connectivity index (χ2n) is 8.24. The fourth-order valence-electron chi connectivity index (χ4n) is 3.75. The number of ether oxygens (including phenoxy) is 1. The number of nitriles is 1. The Bertz CT molecular complexity index is 1360. The van der Waals surface area contributed by atoms with E-state index in [1.165, 1.54) is 7.05 Å². The Morgan fingerprint density at radius 1 is 1.03 bits per heavy atom. The quantitative estimate of drug-likeness (QED) is 0.419. The highest BCUT2D eigenvalue weighted by molar-refractivity contribution is 6.19. The van der Waals surface area contributed by atoms with Gasteiger partial charge >= 0.3 is 0 Å². The third kappa shape index (κ3) is 4.26. The molecule has 0 aliphatic carbocycles. The van der Waals surface area contributed by atoms with Crippen molar-refractivity contribution in [3.8, 4) is 28.8 Å². The van der Waals surface area contributed by atoms with Gasteiger partial charge in [0.05, 0.1) is 17.5 Å². The number of benzene rings is 2. The van der Waals surface area contributed by atoms with Crippen molar-refractivity contribution in [3.05, 3.63) is 83.1 Å². The van der Waals surface area contributed by atoms with E-state index in [0.29, 0.717) is 16.8 Å². The first-order valence-corrected chi connectivity index (χ1v) is 10.9. The molecule has 7 heteroatoms. The molecule has 0 saturated heterocycles. The summed E-state index contributed by atoms with van der Waals surface area (Å²) in [6, 6.07) is 19.2. The molecule has 0 N–H and O–H groups in total. The number of carbonyl (C=O) groups excluding carboxylic acids is 2. The Balaban J connectivity index is 1.87. The zero-order chi connectivity index (χ0) is 24.4. The fourth-order valence-corrected chi connectivity index (χ4v) is 3.75. The van der Waals surface area contributed by atoms with Gasteiger partial charge in [-0.2, -0.15) is 10.4 Å². The van der Waals surface area contributed by atoms with Crippen molar-refractivity contribution in [2.45, 2.75) is 26.9 Å². The molecule has 1 aromatic heterocycles. The van der Waals surface area contributed by atoms with E-state index in [9.17, 15) is 14.9 Å². The molecule has 1 aliphatic heterocycles. The van der Waals surface area contributed by atoms with E-state index < -0.39 is 11.8 Å².